The minimum Gasteiger partial charge on any atom is -0.120 e. The van der Waals surface area contributed by atoms with Gasteiger partial charge >= 0.3 is 0 Å². The van der Waals surface area contributed by atoms with E-state index in [0.29, 0.717) is 0 Å². The topological polar surface area (TPSA) is 0 Å². The van der Waals surface area contributed by atoms with Crippen LogP contribution >= 0.6 is 0 Å². The average Bonchev–Trinajstić information content (AvgIpc) is 2.33. The van der Waals surface area contributed by atoms with Crippen LogP contribution in [-0.2, 0) is 0 Å². The Morgan fingerprint density at radius 3 is 1.89 bits per heavy atom. The van der Waals surface area contributed by atoms with E-state index in [-0.39, 0.29) is 0 Å². The first-order chi connectivity index (χ1) is 4.38. The molecule has 0 heteroatoms. The Hall–Kier alpha value is -1.00. The van der Waals surface area contributed by atoms with Crippen LogP contribution in [-0.4, -0.2) is 0 Å². The molecule has 0 saturated carbocycles. The Labute approximate surface area is 55.9 Å². The smallest absolute Gasteiger partial charge is 0.0124 e. The van der Waals surface area contributed by atoms with Crippen LogP contribution in [0.15, 0.2) is 41.2 Å². The summed E-state index contributed by atoms with van der Waals surface area (Å²) in [4.78, 5) is 0. The van der Waals surface area contributed by atoms with Gasteiger partial charge in [-0.15, -0.1) is 5.73 Å². The SMILES string of the molecule is CC=C1C=C=CC1=CC. The van der Waals surface area contributed by atoms with Gasteiger partial charge < -0.3 is 0 Å². The molecular weight excluding hydrogens is 108 g/mol. The molecule has 0 nitrogen and oxygen atoms in total. The van der Waals surface area contributed by atoms with Gasteiger partial charge in [0.1, 0.15) is 0 Å². The lowest BCUT2D eigenvalue weighted by molar-refractivity contribution is 1.51. The summed E-state index contributed by atoms with van der Waals surface area (Å²) >= 11 is 0. The summed E-state index contributed by atoms with van der Waals surface area (Å²) in [6, 6.07) is 0. The zero-order valence-electron chi connectivity index (χ0n) is 5.81. The molecule has 0 fully saturated rings. The van der Waals surface area contributed by atoms with Gasteiger partial charge in [0.15, 0.2) is 0 Å². The molecule has 0 saturated heterocycles. The summed E-state index contributed by atoms with van der Waals surface area (Å²) < 4.78 is 0. The van der Waals surface area contributed by atoms with Crippen molar-refractivity contribution in [1.29, 1.82) is 0 Å². The third-order valence-corrected chi connectivity index (χ3v) is 1.43. The molecule has 46 valence electrons. The van der Waals surface area contributed by atoms with E-state index in [0.717, 1.165) is 0 Å². The van der Waals surface area contributed by atoms with Crippen LogP contribution in [0.5, 0.6) is 0 Å². The quantitative estimate of drug-likeness (QED) is 0.429. The van der Waals surface area contributed by atoms with Gasteiger partial charge in [0.2, 0.25) is 0 Å². The van der Waals surface area contributed by atoms with Crippen molar-refractivity contribution >= 4 is 0 Å². The molecule has 0 N–H and O–H groups in total. The van der Waals surface area contributed by atoms with Crippen molar-refractivity contribution in [2.24, 2.45) is 0 Å². The van der Waals surface area contributed by atoms with Crippen LogP contribution in [0.2, 0.25) is 0 Å². The number of rotatable bonds is 0. The summed E-state index contributed by atoms with van der Waals surface area (Å²) in [7, 11) is 0. The zero-order valence-corrected chi connectivity index (χ0v) is 5.81. The fourth-order valence-electron chi connectivity index (χ4n) is 0.888. The van der Waals surface area contributed by atoms with Crippen molar-refractivity contribution in [2.45, 2.75) is 13.8 Å². The molecule has 0 aromatic heterocycles. The summed E-state index contributed by atoms with van der Waals surface area (Å²) in [6.07, 6.45) is 8.17. The van der Waals surface area contributed by atoms with Gasteiger partial charge in [-0.25, -0.2) is 0 Å². The van der Waals surface area contributed by atoms with Gasteiger partial charge in [-0.05, 0) is 37.1 Å². The van der Waals surface area contributed by atoms with E-state index in [9.17, 15) is 0 Å². The standard InChI is InChI=1S/C9H10/c1-3-8-6-5-7-9(8)4-2/h3-4,6-7H,1-2H3. The van der Waals surface area contributed by atoms with Gasteiger partial charge in [-0.2, -0.15) is 0 Å². The van der Waals surface area contributed by atoms with E-state index in [4.69, 9.17) is 0 Å². The van der Waals surface area contributed by atoms with Crippen molar-refractivity contribution in [3.05, 3.63) is 41.2 Å². The van der Waals surface area contributed by atoms with E-state index in [2.05, 4.69) is 17.9 Å². The Bertz CT molecular complexity index is 198. The van der Waals surface area contributed by atoms with Crippen molar-refractivity contribution in [3.8, 4) is 0 Å². The first-order valence-electron chi connectivity index (χ1n) is 3.14. The van der Waals surface area contributed by atoms with Crippen LogP contribution < -0.4 is 0 Å². The molecular formula is C9H10. The number of hydrogen-bond donors (Lipinski definition) is 0. The maximum Gasteiger partial charge on any atom is -0.0124 e. The van der Waals surface area contributed by atoms with Crippen molar-refractivity contribution < 1.29 is 0 Å². The second kappa shape index (κ2) is 2.52. The highest BCUT2D eigenvalue weighted by Crippen LogP contribution is 2.16. The average molecular weight is 118 g/mol. The van der Waals surface area contributed by atoms with Gasteiger partial charge in [0.25, 0.3) is 0 Å². The summed E-state index contributed by atoms with van der Waals surface area (Å²) in [5.41, 5.74) is 5.59. The van der Waals surface area contributed by atoms with Crippen molar-refractivity contribution in [3.63, 3.8) is 0 Å². The highest BCUT2D eigenvalue weighted by molar-refractivity contribution is 5.50. The third kappa shape index (κ3) is 1.04. The molecule has 0 aliphatic heterocycles. The molecule has 0 aromatic carbocycles. The fourth-order valence-corrected chi connectivity index (χ4v) is 0.888. The largest absolute Gasteiger partial charge is 0.120 e. The first kappa shape index (κ1) is 6.12. The molecule has 0 unspecified atom stereocenters. The van der Waals surface area contributed by atoms with Crippen molar-refractivity contribution in [1.82, 2.24) is 0 Å². The lowest BCUT2D eigenvalue weighted by atomic mass is 10.1. The van der Waals surface area contributed by atoms with Crippen LogP contribution in [0.1, 0.15) is 13.8 Å². The summed E-state index contributed by atoms with van der Waals surface area (Å²) in [5, 5.41) is 0. The Morgan fingerprint density at radius 1 is 1.11 bits per heavy atom. The van der Waals surface area contributed by atoms with Crippen LogP contribution in [0.3, 0.4) is 0 Å². The first-order valence-corrected chi connectivity index (χ1v) is 3.14. The van der Waals surface area contributed by atoms with E-state index in [1.807, 2.05) is 26.0 Å². The molecule has 1 aliphatic rings. The lowest BCUT2D eigenvalue weighted by Gasteiger charge is -1.92. The van der Waals surface area contributed by atoms with E-state index >= 15 is 0 Å². The molecule has 0 spiro atoms. The minimum atomic E-state index is 1.28. The van der Waals surface area contributed by atoms with E-state index in [1.54, 1.807) is 0 Å². The van der Waals surface area contributed by atoms with Crippen LogP contribution in [0.25, 0.3) is 0 Å². The van der Waals surface area contributed by atoms with Gasteiger partial charge in [0.05, 0.1) is 0 Å². The molecule has 9 heavy (non-hydrogen) atoms. The number of allylic oxidation sites excluding steroid dienone is 5. The summed E-state index contributed by atoms with van der Waals surface area (Å²) in [6.45, 7) is 4.08. The maximum absolute atomic E-state index is 3.04. The molecule has 0 radical (unpaired) electrons. The van der Waals surface area contributed by atoms with Crippen molar-refractivity contribution in [2.75, 3.05) is 0 Å². The molecule has 0 amide bonds. The number of hydrogen-bond acceptors (Lipinski definition) is 0. The Kier molecular flexibility index (Phi) is 1.72. The monoisotopic (exact) mass is 118 g/mol. The maximum atomic E-state index is 3.04. The fraction of sp³-hybridized carbons (Fsp3) is 0.222. The highest BCUT2D eigenvalue weighted by Gasteiger charge is 1.98. The van der Waals surface area contributed by atoms with Crippen LogP contribution in [0, 0.1) is 0 Å². The van der Waals surface area contributed by atoms with E-state index in [1.165, 1.54) is 11.1 Å². The molecule has 0 heterocycles. The van der Waals surface area contributed by atoms with Gasteiger partial charge in [-0.3, -0.25) is 0 Å². The second-order valence-electron chi connectivity index (χ2n) is 1.94. The Balaban J connectivity index is 2.95. The summed E-state index contributed by atoms with van der Waals surface area (Å²) in [5.74, 6) is 0. The van der Waals surface area contributed by atoms with E-state index < -0.39 is 0 Å². The van der Waals surface area contributed by atoms with Gasteiger partial charge in [0, 0.05) is 0 Å². The molecule has 0 aromatic rings. The molecule has 1 aliphatic carbocycles. The predicted octanol–water partition coefficient (Wildman–Crippen LogP) is 2.60. The minimum absolute atomic E-state index is 1.28. The molecule has 0 bridgehead atoms. The predicted molar refractivity (Wildman–Crippen MR) is 40.2 cm³/mol. The third-order valence-electron chi connectivity index (χ3n) is 1.43. The molecule has 1 rings (SSSR count). The van der Waals surface area contributed by atoms with Crippen LogP contribution in [0.4, 0.5) is 0 Å². The highest BCUT2D eigenvalue weighted by atomic mass is 14.0. The Morgan fingerprint density at radius 2 is 1.56 bits per heavy atom. The molecule has 0 atom stereocenters. The normalized spacial score (nSPS) is 24.7. The zero-order chi connectivity index (χ0) is 6.69. The van der Waals surface area contributed by atoms with Gasteiger partial charge in [-0.1, -0.05) is 12.2 Å². The lowest BCUT2D eigenvalue weighted by Crippen LogP contribution is -1.74. The second-order valence-corrected chi connectivity index (χ2v) is 1.94.